The van der Waals surface area contributed by atoms with Gasteiger partial charge in [0.05, 0.1) is 6.20 Å². The molecule has 0 aliphatic carbocycles. The number of hydrogen-bond acceptors (Lipinski definition) is 3. The second-order valence-electron chi connectivity index (χ2n) is 6.43. The first-order valence-electron chi connectivity index (χ1n) is 6.92. The van der Waals surface area contributed by atoms with E-state index >= 15 is 0 Å². The molecule has 0 bridgehead atoms. The van der Waals surface area contributed by atoms with Gasteiger partial charge in [-0.15, -0.1) is 0 Å². The Morgan fingerprint density at radius 1 is 1.28 bits per heavy atom. The molecule has 2 rings (SSSR count). The number of aromatic nitrogens is 2. The zero-order chi connectivity index (χ0) is 13.3. The molecule has 0 aromatic carbocycles. The van der Waals surface area contributed by atoms with Crippen molar-refractivity contribution in [3.8, 4) is 0 Å². The van der Waals surface area contributed by atoms with Crippen molar-refractivity contribution >= 4 is 5.82 Å². The smallest absolute Gasteiger partial charge is 0.130 e. The van der Waals surface area contributed by atoms with Gasteiger partial charge in [-0.05, 0) is 24.7 Å². The lowest BCUT2D eigenvalue weighted by Gasteiger charge is -2.28. The van der Waals surface area contributed by atoms with Gasteiger partial charge in [-0.3, -0.25) is 4.68 Å². The lowest BCUT2D eigenvalue weighted by atomic mass is 9.88. The minimum absolute atomic E-state index is 0.137. The van der Waals surface area contributed by atoms with Gasteiger partial charge in [0.15, 0.2) is 0 Å². The van der Waals surface area contributed by atoms with E-state index in [0.717, 1.165) is 25.9 Å². The summed E-state index contributed by atoms with van der Waals surface area (Å²) in [7, 11) is 2.04. The first kappa shape index (κ1) is 13.4. The normalized spacial score (nSPS) is 22.1. The summed E-state index contributed by atoms with van der Waals surface area (Å²) in [4.78, 5) is 2.46. The van der Waals surface area contributed by atoms with Crippen LogP contribution in [-0.2, 0) is 12.5 Å². The Balaban J connectivity index is 2.29. The number of aryl methyl sites for hydroxylation is 1. The molecular weight excluding hydrogens is 224 g/mol. The molecule has 1 aliphatic rings. The van der Waals surface area contributed by atoms with Crippen LogP contribution in [0.2, 0.25) is 0 Å². The number of hydrogen-bond donors (Lipinski definition) is 1. The highest BCUT2D eigenvalue weighted by Gasteiger charge is 2.26. The fourth-order valence-corrected chi connectivity index (χ4v) is 2.67. The summed E-state index contributed by atoms with van der Waals surface area (Å²) in [6, 6.07) is 0.362. The Kier molecular flexibility index (Phi) is 3.66. The number of anilines is 1. The van der Waals surface area contributed by atoms with E-state index < -0.39 is 0 Å². The highest BCUT2D eigenvalue weighted by molar-refractivity contribution is 5.50. The highest BCUT2D eigenvalue weighted by Crippen LogP contribution is 2.32. The van der Waals surface area contributed by atoms with Crippen molar-refractivity contribution in [2.45, 2.75) is 51.5 Å². The van der Waals surface area contributed by atoms with Gasteiger partial charge >= 0.3 is 0 Å². The van der Waals surface area contributed by atoms with E-state index in [0.29, 0.717) is 6.04 Å². The van der Waals surface area contributed by atoms with Crippen molar-refractivity contribution in [3.05, 3.63) is 11.8 Å². The van der Waals surface area contributed by atoms with E-state index in [1.165, 1.54) is 17.8 Å². The maximum atomic E-state index is 6.06. The van der Waals surface area contributed by atoms with Gasteiger partial charge in [-0.2, -0.15) is 5.10 Å². The molecule has 18 heavy (non-hydrogen) atoms. The summed E-state index contributed by atoms with van der Waals surface area (Å²) in [6.07, 6.45) is 5.41. The molecule has 2 heterocycles. The van der Waals surface area contributed by atoms with E-state index in [1.54, 1.807) is 0 Å². The van der Waals surface area contributed by atoms with Crippen molar-refractivity contribution in [2.75, 3.05) is 18.0 Å². The van der Waals surface area contributed by atoms with E-state index in [1.807, 2.05) is 17.9 Å². The minimum Gasteiger partial charge on any atom is -0.357 e. The fraction of sp³-hybridized carbons (Fsp3) is 0.786. The molecule has 102 valence electrons. The van der Waals surface area contributed by atoms with Crippen LogP contribution in [0, 0.1) is 0 Å². The Bertz CT molecular complexity index is 402. The quantitative estimate of drug-likeness (QED) is 0.829. The summed E-state index contributed by atoms with van der Waals surface area (Å²) in [5.74, 6) is 1.27. The molecule has 0 spiro atoms. The van der Waals surface area contributed by atoms with E-state index in [2.05, 4.69) is 30.8 Å². The molecular formula is C14H26N4. The van der Waals surface area contributed by atoms with Crippen LogP contribution in [-0.4, -0.2) is 28.9 Å². The number of nitrogens with zero attached hydrogens (tertiary/aromatic N) is 3. The lowest BCUT2D eigenvalue weighted by Crippen LogP contribution is -2.30. The number of rotatable bonds is 1. The zero-order valence-electron chi connectivity index (χ0n) is 12.1. The van der Waals surface area contributed by atoms with Crippen LogP contribution >= 0.6 is 0 Å². The van der Waals surface area contributed by atoms with Crippen molar-refractivity contribution < 1.29 is 0 Å². The maximum absolute atomic E-state index is 6.06. The van der Waals surface area contributed by atoms with Crippen LogP contribution in [0.4, 0.5) is 5.82 Å². The second-order valence-corrected chi connectivity index (χ2v) is 6.43. The van der Waals surface area contributed by atoms with Crippen LogP contribution in [0.25, 0.3) is 0 Å². The van der Waals surface area contributed by atoms with Crippen LogP contribution in [0.15, 0.2) is 6.20 Å². The molecule has 4 heteroatoms. The molecule has 2 N–H and O–H groups in total. The molecule has 1 saturated heterocycles. The monoisotopic (exact) mass is 250 g/mol. The topological polar surface area (TPSA) is 47.1 Å². The van der Waals surface area contributed by atoms with Crippen molar-refractivity contribution in [1.29, 1.82) is 0 Å². The van der Waals surface area contributed by atoms with Crippen LogP contribution in [0.5, 0.6) is 0 Å². The molecule has 0 unspecified atom stereocenters. The van der Waals surface area contributed by atoms with Crippen molar-refractivity contribution in [3.63, 3.8) is 0 Å². The first-order chi connectivity index (χ1) is 8.39. The van der Waals surface area contributed by atoms with Gasteiger partial charge < -0.3 is 10.6 Å². The number of nitrogens with two attached hydrogens (primary N) is 1. The standard InChI is InChI=1S/C14H26N4/c1-14(2,3)12-10-16-17(4)13(12)18-8-5-6-11(15)7-9-18/h10-11H,5-9,15H2,1-4H3/t11-/m0/s1. The molecule has 1 atom stereocenters. The molecule has 1 aliphatic heterocycles. The van der Waals surface area contributed by atoms with Crippen LogP contribution in [0.1, 0.15) is 45.6 Å². The third-order valence-corrected chi connectivity index (χ3v) is 3.79. The summed E-state index contributed by atoms with van der Waals surface area (Å²) in [6.45, 7) is 8.88. The summed E-state index contributed by atoms with van der Waals surface area (Å²) in [5.41, 5.74) is 7.53. The summed E-state index contributed by atoms with van der Waals surface area (Å²) in [5, 5.41) is 4.45. The van der Waals surface area contributed by atoms with Crippen LogP contribution in [0.3, 0.4) is 0 Å². The van der Waals surface area contributed by atoms with Gasteiger partial charge in [0.2, 0.25) is 0 Å². The van der Waals surface area contributed by atoms with E-state index in [9.17, 15) is 0 Å². The van der Waals surface area contributed by atoms with Gasteiger partial charge in [0.25, 0.3) is 0 Å². The first-order valence-corrected chi connectivity index (χ1v) is 6.92. The Morgan fingerprint density at radius 2 is 2.00 bits per heavy atom. The van der Waals surface area contributed by atoms with Gasteiger partial charge in [-0.1, -0.05) is 20.8 Å². The average molecular weight is 250 g/mol. The van der Waals surface area contributed by atoms with Gasteiger partial charge in [-0.25, -0.2) is 0 Å². The summed E-state index contributed by atoms with van der Waals surface area (Å²) >= 11 is 0. The Morgan fingerprint density at radius 3 is 2.67 bits per heavy atom. The zero-order valence-corrected chi connectivity index (χ0v) is 12.1. The van der Waals surface area contributed by atoms with Crippen LogP contribution < -0.4 is 10.6 Å². The Labute approximate surface area is 110 Å². The SMILES string of the molecule is Cn1ncc(C(C)(C)C)c1N1CCC[C@H](N)CC1. The Hall–Kier alpha value is -1.03. The third kappa shape index (κ3) is 2.69. The van der Waals surface area contributed by atoms with Gasteiger partial charge in [0.1, 0.15) is 5.82 Å². The van der Waals surface area contributed by atoms with Gasteiger partial charge in [0, 0.05) is 31.7 Å². The third-order valence-electron chi connectivity index (χ3n) is 3.79. The van der Waals surface area contributed by atoms with Crippen molar-refractivity contribution in [2.24, 2.45) is 12.8 Å². The predicted molar refractivity (Wildman–Crippen MR) is 75.9 cm³/mol. The molecule has 1 aromatic heterocycles. The second kappa shape index (κ2) is 4.92. The van der Waals surface area contributed by atoms with Crippen molar-refractivity contribution in [1.82, 2.24) is 9.78 Å². The maximum Gasteiger partial charge on any atom is 0.130 e. The summed E-state index contributed by atoms with van der Waals surface area (Å²) < 4.78 is 2.01. The highest BCUT2D eigenvalue weighted by atomic mass is 15.4. The fourth-order valence-electron chi connectivity index (χ4n) is 2.67. The molecule has 0 saturated carbocycles. The molecule has 0 radical (unpaired) electrons. The average Bonchev–Trinajstić information content (AvgIpc) is 2.52. The van der Waals surface area contributed by atoms with E-state index in [4.69, 9.17) is 5.73 Å². The largest absolute Gasteiger partial charge is 0.357 e. The molecule has 1 fully saturated rings. The predicted octanol–water partition coefficient (Wildman–Crippen LogP) is 2.04. The lowest BCUT2D eigenvalue weighted by molar-refractivity contribution is 0.582. The van der Waals surface area contributed by atoms with E-state index in [-0.39, 0.29) is 5.41 Å². The molecule has 1 aromatic rings. The molecule has 4 nitrogen and oxygen atoms in total. The molecule has 0 amide bonds. The minimum atomic E-state index is 0.137.